The van der Waals surface area contributed by atoms with Gasteiger partial charge in [0.25, 0.3) is 0 Å². The summed E-state index contributed by atoms with van der Waals surface area (Å²) < 4.78 is 4.79. The molecule has 0 aliphatic rings. The van der Waals surface area contributed by atoms with Crippen molar-refractivity contribution in [2.75, 3.05) is 0 Å². The Bertz CT molecular complexity index is 2380. The molecule has 0 fully saturated rings. The second-order valence-corrected chi connectivity index (χ2v) is 14.9. The first-order chi connectivity index (χ1) is 23.3. The van der Waals surface area contributed by atoms with Crippen LogP contribution in [0.2, 0.25) is 0 Å². The van der Waals surface area contributed by atoms with Gasteiger partial charge in [0.05, 0.1) is 16.6 Å². The summed E-state index contributed by atoms with van der Waals surface area (Å²) in [4.78, 5) is 5.28. The van der Waals surface area contributed by atoms with Crippen LogP contribution in [0.3, 0.4) is 0 Å². The van der Waals surface area contributed by atoms with Crippen LogP contribution in [0.15, 0.2) is 214 Å². The van der Waals surface area contributed by atoms with Gasteiger partial charge in [-0.1, -0.05) is 103 Å². The molecular weight excluding hydrogens is 589 g/mol. The maximum Gasteiger partial charge on any atom is 0.0788 e. The summed E-state index contributed by atoms with van der Waals surface area (Å²) in [6.45, 7) is 0. The third-order valence-corrected chi connectivity index (χ3v) is 13.2. The number of nitrogens with zero attached hydrogens (tertiary/aromatic N) is 2. The Labute approximate surface area is 276 Å². The van der Waals surface area contributed by atoms with E-state index in [1.54, 1.807) is 0 Å². The van der Waals surface area contributed by atoms with E-state index in [0.717, 1.165) is 11.4 Å². The highest BCUT2D eigenvalue weighted by Crippen LogP contribution is 2.73. The molecule has 2 nitrogen and oxygen atoms in total. The Morgan fingerprint density at radius 1 is 0.340 bits per heavy atom. The number of fused-ring (bicyclic) bond motifs is 5. The summed E-state index contributed by atoms with van der Waals surface area (Å²) >= 11 is 0. The van der Waals surface area contributed by atoms with Gasteiger partial charge in [0.15, 0.2) is 0 Å². The van der Waals surface area contributed by atoms with Crippen LogP contribution in [-0.4, -0.2) is 9.13 Å². The Hall–Kier alpha value is -5.77. The molecule has 0 saturated carbocycles. The molecule has 2 heterocycles. The monoisotopic (exact) mass is 620 g/mol. The summed E-state index contributed by atoms with van der Waals surface area (Å²) in [5.74, 6) is 0. The first-order valence-corrected chi connectivity index (χ1v) is 17.6. The third-order valence-electron chi connectivity index (χ3n) is 9.26. The van der Waals surface area contributed by atoms with Gasteiger partial charge < -0.3 is 9.13 Å². The van der Waals surface area contributed by atoms with Crippen molar-refractivity contribution in [1.29, 1.82) is 0 Å². The molecule has 224 valence electrons. The fraction of sp³-hybridized carbons (Fsp3) is 0. The third kappa shape index (κ3) is 4.28. The Balaban J connectivity index is 1.33. The van der Waals surface area contributed by atoms with Crippen LogP contribution >= 0.6 is 10.0 Å². The molecule has 0 N–H and O–H groups in total. The molecule has 0 bridgehead atoms. The summed E-state index contributed by atoms with van der Waals surface area (Å²) in [5, 5.41) is 3.74. The Kier molecular flexibility index (Phi) is 6.58. The molecule has 0 radical (unpaired) electrons. The zero-order valence-electron chi connectivity index (χ0n) is 25.8. The van der Waals surface area contributed by atoms with E-state index in [1.165, 1.54) is 52.3 Å². The van der Waals surface area contributed by atoms with Gasteiger partial charge in [-0.05, 0) is 84.9 Å². The molecule has 2 aromatic heterocycles. The van der Waals surface area contributed by atoms with Crippen molar-refractivity contribution in [3.63, 3.8) is 0 Å². The molecule has 7 aromatic carbocycles. The second-order valence-electron chi connectivity index (χ2n) is 11.8. The molecule has 3 heteroatoms. The van der Waals surface area contributed by atoms with Crippen molar-refractivity contribution in [3.05, 3.63) is 194 Å². The first-order valence-electron chi connectivity index (χ1n) is 16.0. The summed E-state index contributed by atoms with van der Waals surface area (Å²) in [5.41, 5.74) is 5.95. The lowest BCUT2D eigenvalue weighted by molar-refractivity contribution is 1.11. The Morgan fingerprint density at radius 2 is 0.851 bits per heavy atom. The van der Waals surface area contributed by atoms with Crippen molar-refractivity contribution in [2.24, 2.45) is 0 Å². The average molecular weight is 621 g/mol. The quantitative estimate of drug-likeness (QED) is 0.175. The number of rotatable bonds is 6. The van der Waals surface area contributed by atoms with Gasteiger partial charge in [-0.3, -0.25) is 0 Å². The predicted molar refractivity (Wildman–Crippen MR) is 198 cm³/mol. The lowest BCUT2D eigenvalue weighted by Crippen LogP contribution is -2.05. The standard InChI is InChI=1S/C44H32N2S/c1-5-15-34(16-6-1)45-32-31-33-25-30-41-40-23-13-14-24-42(40)46(44(41)43(33)45)35-26-28-39(29-27-35)47(36-17-7-2-8-18-36,37-19-9-3-10-20-37)38-21-11-4-12-22-38/h1-32H. The zero-order valence-corrected chi connectivity index (χ0v) is 26.6. The highest BCUT2D eigenvalue weighted by Gasteiger charge is 2.33. The molecular formula is C44H32N2S. The minimum absolute atomic E-state index is 1.15. The van der Waals surface area contributed by atoms with Crippen molar-refractivity contribution >= 4 is 42.7 Å². The van der Waals surface area contributed by atoms with Crippen LogP contribution in [0, 0.1) is 0 Å². The van der Waals surface area contributed by atoms with Gasteiger partial charge in [0, 0.05) is 53.3 Å². The maximum atomic E-state index is 2.46. The number of aromatic nitrogens is 2. The van der Waals surface area contributed by atoms with E-state index >= 15 is 0 Å². The summed E-state index contributed by atoms with van der Waals surface area (Å²) in [7, 11) is -1.76. The molecule has 0 aliphatic carbocycles. The van der Waals surface area contributed by atoms with Gasteiger partial charge in [-0.25, -0.2) is 0 Å². The zero-order chi connectivity index (χ0) is 31.2. The molecule has 0 saturated heterocycles. The topological polar surface area (TPSA) is 9.86 Å². The highest BCUT2D eigenvalue weighted by molar-refractivity contribution is 8.34. The smallest absolute Gasteiger partial charge is 0.0788 e. The van der Waals surface area contributed by atoms with E-state index < -0.39 is 10.0 Å². The molecule has 9 rings (SSSR count). The molecule has 0 atom stereocenters. The minimum atomic E-state index is -1.76. The molecule has 9 aromatic rings. The lowest BCUT2D eigenvalue weighted by Gasteiger charge is -2.42. The van der Waals surface area contributed by atoms with Crippen molar-refractivity contribution in [2.45, 2.75) is 19.6 Å². The normalized spacial score (nSPS) is 12.2. The van der Waals surface area contributed by atoms with Gasteiger partial charge in [-0.15, -0.1) is 10.0 Å². The number of para-hydroxylation sites is 2. The van der Waals surface area contributed by atoms with Crippen LogP contribution in [-0.2, 0) is 0 Å². The van der Waals surface area contributed by atoms with E-state index in [2.05, 4.69) is 203 Å². The highest BCUT2D eigenvalue weighted by atomic mass is 32.3. The van der Waals surface area contributed by atoms with Crippen LogP contribution < -0.4 is 0 Å². The first kappa shape index (κ1) is 27.5. The van der Waals surface area contributed by atoms with Crippen molar-refractivity contribution in [3.8, 4) is 11.4 Å². The van der Waals surface area contributed by atoms with E-state index in [9.17, 15) is 0 Å². The molecule has 0 amide bonds. The Morgan fingerprint density at radius 3 is 1.45 bits per heavy atom. The van der Waals surface area contributed by atoms with Crippen LogP contribution in [0.25, 0.3) is 44.1 Å². The SMILES string of the molecule is c1ccc(-n2ccc3ccc4c5ccccc5n(-c5ccc(S(c6ccccc6)(c6ccccc6)c6ccccc6)cc5)c4c32)cc1. The number of hydrogen-bond donors (Lipinski definition) is 0. The minimum Gasteiger partial charge on any atom is -0.315 e. The van der Waals surface area contributed by atoms with Gasteiger partial charge >= 0.3 is 0 Å². The molecule has 47 heavy (non-hydrogen) atoms. The fourth-order valence-electron chi connectivity index (χ4n) is 7.23. The van der Waals surface area contributed by atoms with Crippen LogP contribution in [0.1, 0.15) is 0 Å². The molecule has 0 aliphatic heterocycles. The predicted octanol–water partition coefficient (Wildman–Crippen LogP) is 12.1. The molecule has 0 unspecified atom stereocenters. The van der Waals surface area contributed by atoms with E-state index in [-0.39, 0.29) is 0 Å². The van der Waals surface area contributed by atoms with E-state index in [0.29, 0.717) is 0 Å². The average Bonchev–Trinajstić information content (AvgIpc) is 3.74. The largest absolute Gasteiger partial charge is 0.315 e. The number of hydrogen-bond acceptors (Lipinski definition) is 0. The van der Waals surface area contributed by atoms with E-state index in [4.69, 9.17) is 0 Å². The van der Waals surface area contributed by atoms with Gasteiger partial charge in [0.2, 0.25) is 0 Å². The van der Waals surface area contributed by atoms with Crippen molar-refractivity contribution in [1.82, 2.24) is 9.13 Å². The maximum absolute atomic E-state index is 2.46. The van der Waals surface area contributed by atoms with Crippen LogP contribution in [0.5, 0.6) is 0 Å². The van der Waals surface area contributed by atoms with Gasteiger partial charge in [-0.2, -0.15) is 0 Å². The van der Waals surface area contributed by atoms with Crippen LogP contribution in [0.4, 0.5) is 0 Å². The summed E-state index contributed by atoms with van der Waals surface area (Å²) in [6.07, 6.45) is 2.20. The van der Waals surface area contributed by atoms with Gasteiger partial charge in [0.1, 0.15) is 0 Å². The lowest BCUT2D eigenvalue weighted by atomic mass is 10.1. The van der Waals surface area contributed by atoms with Crippen molar-refractivity contribution < 1.29 is 0 Å². The molecule has 0 spiro atoms. The fourth-order valence-corrected chi connectivity index (χ4v) is 11.1. The second kappa shape index (κ2) is 11.2. The number of benzene rings is 7. The van der Waals surface area contributed by atoms with E-state index in [1.807, 2.05) is 0 Å². The summed E-state index contributed by atoms with van der Waals surface area (Å²) in [6, 6.07) is 68.7.